The Labute approximate surface area is 227 Å². The zero-order valence-electron chi connectivity index (χ0n) is 21.5. The molecule has 0 amide bonds. The van der Waals surface area contributed by atoms with Crippen molar-refractivity contribution in [1.29, 1.82) is 0 Å². The van der Waals surface area contributed by atoms with E-state index in [9.17, 15) is 26.4 Å². The number of ether oxygens (including phenoxy) is 2. The number of sulfone groups is 2. The molecule has 0 heterocycles. The smallest absolute Gasteiger partial charge is 0.309 e. The molecule has 2 atom stereocenters. The minimum Gasteiger partial charge on any atom is -0.469 e. The van der Waals surface area contributed by atoms with Crippen molar-refractivity contribution in [2.75, 3.05) is 14.2 Å². The molecule has 0 bridgehead atoms. The summed E-state index contributed by atoms with van der Waals surface area (Å²) in [5.74, 6) is -3.45. The highest BCUT2D eigenvalue weighted by Gasteiger charge is 2.46. The molecule has 0 saturated heterocycles. The Balaban J connectivity index is 1.89. The first-order valence-electron chi connectivity index (χ1n) is 12.6. The average Bonchev–Trinajstić information content (AvgIpc) is 3.43. The van der Waals surface area contributed by atoms with Crippen LogP contribution in [0.1, 0.15) is 28.7 Å². The number of hydrogen-bond acceptors (Lipinski definition) is 8. The second-order valence-corrected chi connectivity index (χ2v) is 13.5. The van der Waals surface area contributed by atoms with Gasteiger partial charge >= 0.3 is 11.9 Å². The van der Waals surface area contributed by atoms with Crippen LogP contribution >= 0.6 is 0 Å². The van der Waals surface area contributed by atoms with Crippen molar-refractivity contribution in [2.45, 2.75) is 51.7 Å². The third kappa shape index (κ3) is 4.45. The van der Waals surface area contributed by atoms with Crippen molar-refractivity contribution >= 4 is 31.6 Å². The third-order valence-corrected chi connectivity index (χ3v) is 11.5. The van der Waals surface area contributed by atoms with Gasteiger partial charge in [0.05, 0.1) is 45.6 Å². The molecule has 0 unspecified atom stereocenters. The summed E-state index contributed by atoms with van der Waals surface area (Å²) in [5, 5.41) is 0. The second kappa shape index (κ2) is 10.2. The lowest BCUT2D eigenvalue weighted by Crippen LogP contribution is -2.39. The molecule has 0 radical (unpaired) electrons. The number of carbonyl (C=O) groups excluding carboxylic acids is 2. The summed E-state index contributed by atoms with van der Waals surface area (Å²) in [6.45, 7) is 0. The van der Waals surface area contributed by atoms with E-state index in [4.69, 9.17) is 9.47 Å². The van der Waals surface area contributed by atoms with Crippen LogP contribution in [0.2, 0.25) is 0 Å². The van der Waals surface area contributed by atoms with Crippen molar-refractivity contribution in [3.63, 3.8) is 0 Å². The van der Waals surface area contributed by atoms with Gasteiger partial charge in [-0.25, -0.2) is 16.8 Å². The number of carbonyl (C=O) groups is 2. The Morgan fingerprint density at radius 3 is 1.31 bits per heavy atom. The molecule has 2 aliphatic rings. The van der Waals surface area contributed by atoms with Crippen LogP contribution in [0.5, 0.6) is 0 Å². The van der Waals surface area contributed by atoms with E-state index in [0.29, 0.717) is 30.4 Å². The summed E-state index contributed by atoms with van der Waals surface area (Å²) in [6.07, 6.45) is 0.991. The van der Waals surface area contributed by atoms with Gasteiger partial charge in [-0.3, -0.25) is 9.59 Å². The van der Waals surface area contributed by atoms with Crippen LogP contribution in [-0.4, -0.2) is 43.0 Å². The molecule has 204 valence electrons. The second-order valence-electron chi connectivity index (χ2n) is 9.73. The predicted molar refractivity (Wildman–Crippen MR) is 141 cm³/mol. The van der Waals surface area contributed by atoms with Gasteiger partial charge in [0, 0.05) is 0 Å². The van der Waals surface area contributed by atoms with E-state index in [0.717, 1.165) is 0 Å². The third-order valence-electron chi connectivity index (χ3n) is 7.66. The molecule has 3 aromatic rings. The largest absolute Gasteiger partial charge is 0.469 e. The lowest BCUT2D eigenvalue weighted by Gasteiger charge is -2.33. The fourth-order valence-electron chi connectivity index (χ4n) is 5.92. The summed E-state index contributed by atoms with van der Waals surface area (Å²) >= 11 is 0. The molecule has 5 rings (SSSR count). The van der Waals surface area contributed by atoms with Gasteiger partial charge < -0.3 is 9.47 Å². The highest BCUT2D eigenvalue weighted by atomic mass is 32.2. The topological polar surface area (TPSA) is 121 Å². The monoisotopic (exact) mass is 568 g/mol. The molecular formula is C29H28O8S2. The Morgan fingerprint density at radius 2 is 0.974 bits per heavy atom. The Morgan fingerprint density at radius 1 is 0.615 bits per heavy atom. The van der Waals surface area contributed by atoms with E-state index in [2.05, 4.69) is 0 Å². The van der Waals surface area contributed by atoms with Gasteiger partial charge in [-0.1, -0.05) is 36.4 Å². The maximum Gasteiger partial charge on any atom is 0.309 e. The maximum atomic E-state index is 14.2. The fraction of sp³-hybridized carbons (Fsp3) is 0.310. The van der Waals surface area contributed by atoms with E-state index in [-0.39, 0.29) is 43.6 Å². The maximum absolute atomic E-state index is 14.2. The van der Waals surface area contributed by atoms with E-state index in [1.165, 1.54) is 38.5 Å². The molecule has 2 aliphatic carbocycles. The van der Waals surface area contributed by atoms with E-state index >= 15 is 0 Å². The number of esters is 2. The highest BCUT2D eigenvalue weighted by Crippen LogP contribution is 2.47. The van der Waals surface area contributed by atoms with Crippen LogP contribution in [0.4, 0.5) is 0 Å². The highest BCUT2D eigenvalue weighted by molar-refractivity contribution is 7.92. The molecule has 0 N–H and O–H groups in total. The van der Waals surface area contributed by atoms with Gasteiger partial charge in [0.15, 0.2) is 0 Å². The molecule has 39 heavy (non-hydrogen) atoms. The Kier molecular flexibility index (Phi) is 7.11. The van der Waals surface area contributed by atoms with Crippen LogP contribution in [-0.2, 0) is 64.4 Å². The summed E-state index contributed by atoms with van der Waals surface area (Å²) in [5.41, 5.74) is 1.44. The number of benzene rings is 3. The van der Waals surface area contributed by atoms with Crippen LogP contribution < -0.4 is 0 Å². The quantitative estimate of drug-likeness (QED) is 0.414. The van der Waals surface area contributed by atoms with E-state index in [1.54, 1.807) is 36.4 Å². The number of fused-ring (bicyclic) bond motifs is 2. The van der Waals surface area contributed by atoms with Gasteiger partial charge in [0.2, 0.25) is 19.7 Å². The normalized spacial score (nSPS) is 18.6. The van der Waals surface area contributed by atoms with Crippen LogP contribution in [0, 0.1) is 11.8 Å². The van der Waals surface area contributed by atoms with Gasteiger partial charge in [-0.2, -0.15) is 0 Å². The van der Waals surface area contributed by atoms with Crippen LogP contribution in [0.3, 0.4) is 0 Å². The summed E-state index contributed by atoms with van der Waals surface area (Å²) in [7, 11) is -5.80. The molecule has 0 aromatic heterocycles. The Bertz CT molecular complexity index is 1540. The first-order valence-corrected chi connectivity index (χ1v) is 15.5. The predicted octanol–water partition coefficient (Wildman–Crippen LogP) is 3.52. The first-order chi connectivity index (χ1) is 18.6. The Hall–Kier alpha value is -3.50. The summed E-state index contributed by atoms with van der Waals surface area (Å²) in [4.78, 5) is 26.0. The van der Waals surface area contributed by atoms with Crippen molar-refractivity contribution in [3.05, 3.63) is 82.9 Å². The van der Waals surface area contributed by atoms with Crippen molar-refractivity contribution in [3.8, 4) is 0 Å². The fourth-order valence-corrected chi connectivity index (χ4v) is 9.58. The van der Waals surface area contributed by atoms with Crippen LogP contribution in [0.15, 0.2) is 80.2 Å². The zero-order valence-corrected chi connectivity index (χ0v) is 23.2. The van der Waals surface area contributed by atoms with E-state index < -0.39 is 43.4 Å². The van der Waals surface area contributed by atoms with Crippen molar-refractivity contribution in [1.82, 2.24) is 0 Å². The molecular weight excluding hydrogens is 540 g/mol. The lowest BCUT2D eigenvalue weighted by atomic mass is 9.74. The summed E-state index contributed by atoms with van der Waals surface area (Å²) < 4.78 is 66.6. The first kappa shape index (κ1) is 27.1. The average molecular weight is 569 g/mol. The van der Waals surface area contributed by atoms with Gasteiger partial charge in [-0.05, 0) is 78.6 Å². The van der Waals surface area contributed by atoms with Crippen molar-refractivity contribution in [2.24, 2.45) is 11.8 Å². The molecule has 3 aromatic carbocycles. The molecule has 10 heteroatoms. The summed E-state index contributed by atoms with van der Waals surface area (Å²) in [6, 6.07) is 15.9. The minimum absolute atomic E-state index is 0.0421. The molecule has 0 aliphatic heterocycles. The SMILES string of the molecule is COC(=O)[C@@H]1Cc2c(c(S(=O)(=O)c3ccccc3)c3c(c2S(=O)(=O)c2ccccc2)CCC3)C[C@H]1C(=O)OC. The molecule has 0 saturated carbocycles. The number of hydrogen-bond donors (Lipinski definition) is 0. The number of rotatable bonds is 6. The minimum atomic E-state index is -4.09. The molecule has 0 fully saturated rings. The number of methoxy groups -OCH3 is 2. The van der Waals surface area contributed by atoms with Crippen molar-refractivity contribution < 1.29 is 35.9 Å². The van der Waals surface area contributed by atoms with E-state index in [1.807, 2.05) is 0 Å². The lowest BCUT2D eigenvalue weighted by molar-refractivity contribution is -0.158. The molecule has 0 spiro atoms. The zero-order chi connectivity index (χ0) is 27.9. The van der Waals surface area contributed by atoms with Gasteiger partial charge in [-0.15, -0.1) is 0 Å². The van der Waals surface area contributed by atoms with Gasteiger partial charge in [0.1, 0.15) is 0 Å². The molecule has 8 nitrogen and oxygen atoms in total. The van der Waals surface area contributed by atoms with Gasteiger partial charge in [0.25, 0.3) is 0 Å². The standard InChI is InChI=1S/C29H28O8S2/c1-36-28(30)24-16-22-23(17-25(24)29(31)37-2)27(39(34,35)19-12-7-4-8-13-19)21-15-9-14-20(21)26(22)38(32,33)18-10-5-3-6-11-18/h3-8,10-13,24-25H,9,14-17H2,1-2H3/t24-,25-/m1/s1. The van der Waals surface area contributed by atoms with Crippen LogP contribution in [0.25, 0.3) is 0 Å².